The molecule has 0 aliphatic heterocycles. The monoisotopic (exact) mass is 339 g/mol. The number of carbonyl (C=O) groups is 2. The molecule has 2 aromatic carbocycles. The van der Waals surface area contributed by atoms with E-state index in [0.717, 1.165) is 17.1 Å². The normalized spacial score (nSPS) is 10.4. The van der Waals surface area contributed by atoms with Crippen LogP contribution >= 0.6 is 0 Å². The zero-order chi connectivity index (χ0) is 18.2. The van der Waals surface area contributed by atoms with Crippen LogP contribution in [0.5, 0.6) is 0 Å². The summed E-state index contributed by atoms with van der Waals surface area (Å²) in [5, 5.41) is 5.97. The SMILES string of the molecule is CCN(C(=O)CNc1ccc(NC(=O)C(C)C)cc1)c1ccccc1. The van der Waals surface area contributed by atoms with Crippen LogP contribution in [-0.2, 0) is 9.59 Å². The van der Waals surface area contributed by atoms with E-state index in [-0.39, 0.29) is 24.3 Å². The molecule has 2 aromatic rings. The van der Waals surface area contributed by atoms with Crippen LogP contribution in [0.1, 0.15) is 20.8 Å². The van der Waals surface area contributed by atoms with E-state index in [9.17, 15) is 9.59 Å². The van der Waals surface area contributed by atoms with Gasteiger partial charge in [-0.2, -0.15) is 0 Å². The standard InChI is InChI=1S/C20H25N3O2/c1-4-23(18-8-6-5-7-9-18)19(24)14-21-16-10-12-17(13-11-16)22-20(25)15(2)3/h5-13,15,21H,4,14H2,1-3H3,(H,22,25). The van der Waals surface area contributed by atoms with Gasteiger partial charge in [0.2, 0.25) is 11.8 Å². The lowest BCUT2D eigenvalue weighted by Crippen LogP contribution is -2.35. The summed E-state index contributed by atoms with van der Waals surface area (Å²) in [5.74, 6) is -0.0725. The maximum atomic E-state index is 12.4. The molecule has 0 bridgehead atoms. The van der Waals surface area contributed by atoms with Gasteiger partial charge in [-0.1, -0.05) is 32.0 Å². The summed E-state index contributed by atoms with van der Waals surface area (Å²) < 4.78 is 0. The van der Waals surface area contributed by atoms with Crippen molar-refractivity contribution in [3.63, 3.8) is 0 Å². The van der Waals surface area contributed by atoms with Crippen LogP contribution in [0.4, 0.5) is 17.1 Å². The molecule has 0 unspecified atom stereocenters. The van der Waals surface area contributed by atoms with Crippen molar-refractivity contribution < 1.29 is 9.59 Å². The molecule has 0 atom stereocenters. The second-order valence-electron chi connectivity index (χ2n) is 6.05. The zero-order valence-electron chi connectivity index (χ0n) is 15.0. The number of hydrogen-bond donors (Lipinski definition) is 2. The molecular formula is C20H25N3O2. The van der Waals surface area contributed by atoms with Crippen molar-refractivity contribution in [3.8, 4) is 0 Å². The maximum absolute atomic E-state index is 12.4. The van der Waals surface area contributed by atoms with E-state index in [4.69, 9.17) is 0 Å². The molecule has 0 saturated heterocycles. The topological polar surface area (TPSA) is 61.4 Å². The van der Waals surface area contributed by atoms with Crippen molar-refractivity contribution in [3.05, 3.63) is 54.6 Å². The molecule has 2 rings (SSSR count). The average Bonchev–Trinajstić information content (AvgIpc) is 2.62. The summed E-state index contributed by atoms with van der Waals surface area (Å²) in [5.41, 5.74) is 2.47. The van der Waals surface area contributed by atoms with E-state index >= 15 is 0 Å². The van der Waals surface area contributed by atoms with Gasteiger partial charge in [0, 0.05) is 29.5 Å². The first-order valence-electron chi connectivity index (χ1n) is 8.51. The zero-order valence-corrected chi connectivity index (χ0v) is 15.0. The number of likely N-dealkylation sites (N-methyl/N-ethyl adjacent to an activating group) is 1. The molecule has 25 heavy (non-hydrogen) atoms. The molecule has 2 N–H and O–H groups in total. The predicted molar refractivity (Wildman–Crippen MR) is 103 cm³/mol. The third-order valence-corrected chi connectivity index (χ3v) is 3.81. The Kier molecular flexibility index (Phi) is 6.57. The van der Waals surface area contributed by atoms with E-state index in [1.54, 1.807) is 4.90 Å². The summed E-state index contributed by atoms with van der Waals surface area (Å²) in [6.45, 7) is 6.48. The Bertz CT molecular complexity index is 697. The van der Waals surface area contributed by atoms with Crippen molar-refractivity contribution in [2.75, 3.05) is 28.6 Å². The van der Waals surface area contributed by atoms with Crippen LogP contribution < -0.4 is 15.5 Å². The fourth-order valence-electron chi connectivity index (χ4n) is 2.34. The lowest BCUT2D eigenvalue weighted by Gasteiger charge is -2.21. The smallest absolute Gasteiger partial charge is 0.246 e. The van der Waals surface area contributed by atoms with Crippen LogP contribution in [-0.4, -0.2) is 24.9 Å². The summed E-state index contributed by atoms with van der Waals surface area (Å²) in [4.78, 5) is 25.9. The second kappa shape index (κ2) is 8.87. The van der Waals surface area contributed by atoms with Crippen LogP contribution in [0.25, 0.3) is 0 Å². The number of nitrogens with zero attached hydrogens (tertiary/aromatic N) is 1. The van der Waals surface area contributed by atoms with E-state index in [1.807, 2.05) is 75.4 Å². The van der Waals surface area contributed by atoms with Gasteiger partial charge < -0.3 is 15.5 Å². The molecule has 0 radical (unpaired) electrons. The predicted octanol–water partition coefficient (Wildman–Crippen LogP) is 3.75. The molecule has 0 aromatic heterocycles. The summed E-state index contributed by atoms with van der Waals surface area (Å²) in [6.07, 6.45) is 0. The number of benzene rings is 2. The van der Waals surface area contributed by atoms with Crippen molar-refractivity contribution in [2.45, 2.75) is 20.8 Å². The van der Waals surface area contributed by atoms with Gasteiger partial charge in [-0.05, 0) is 43.3 Å². The van der Waals surface area contributed by atoms with Crippen molar-refractivity contribution >= 4 is 28.9 Å². The van der Waals surface area contributed by atoms with Gasteiger partial charge in [0.15, 0.2) is 0 Å². The Balaban J connectivity index is 1.92. The first kappa shape index (κ1) is 18.5. The largest absolute Gasteiger partial charge is 0.376 e. The van der Waals surface area contributed by atoms with Gasteiger partial charge in [-0.25, -0.2) is 0 Å². The van der Waals surface area contributed by atoms with Crippen LogP contribution in [0.2, 0.25) is 0 Å². The van der Waals surface area contributed by atoms with E-state index in [0.29, 0.717) is 6.54 Å². The lowest BCUT2D eigenvalue weighted by molar-refractivity contribution is -0.119. The summed E-state index contributed by atoms with van der Waals surface area (Å²) in [7, 11) is 0. The van der Waals surface area contributed by atoms with Crippen molar-refractivity contribution in [2.24, 2.45) is 5.92 Å². The average molecular weight is 339 g/mol. The lowest BCUT2D eigenvalue weighted by atomic mass is 10.2. The van der Waals surface area contributed by atoms with Crippen LogP contribution in [0, 0.1) is 5.92 Å². The van der Waals surface area contributed by atoms with Gasteiger partial charge in [-0.15, -0.1) is 0 Å². The minimum absolute atomic E-state index is 0.00545. The first-order valence-corrected chi connectivity index (χ1v) is 8.51. The number of para-hydroxylation sites is 1. The third kappa shape index (κ3) is 5.35. The van der Waals surface area contributed by atoms with E-state index < -0.39 is 0 Å². The second-order valence-corrected chi connectivity index (χ2v) is 6.05. The highest BCUT2D eigenvalue weighted by Crippen LogP contribution is 2.16. The van der Waals surface area contributed by atoms with Gasteiger partial charge >= 0.3 is 0 Å². The first-order chi connectivity index (χ1) is 12.0. The highest BCUT2D eigenvalue weighted by molar-refractivity contribution is 5.96. The Labute approximate surface area is 149 Å². The summed E-state index contributed by atoms with van der Waals surface area (Å²) >= 11 is 0. The minimum Gasteiger partial charge on any atom is -0.376 e. The molecule has 0 aliphatic rings. The highest BCUT2D eigenvalue weighted by Gasteiger charge is 2.13. The van der Waals surface area contributed by atoms with E-state index in [2.05, 4.69) is 10.6 Å². The maximum Gasteiger partial charge on any atom is 0.246 e. The molecule has 0 aliphatic carbocycles. The molecule has 2 amide bonds. The van der Waals surface area contributed by atoms with Gasteiger partial charge in [0.05, 0.1) is 6.54 Å². The molecular weight excluding hydrogens is 314 g/mol. The third-order valence-electron chi connectivity index (χ3n) is 3.81. The van der Waals surface area contributed by atoms with Crippen LogP contribution in [0.15, 0.2) is 54.6 Å². The van der Waals surface area contributed by atoms with Crippen molar-refractivity contribution in [1.29, 1.82) is 0 Å². The van der Waals surface area contributed by atoms with Gasteiger partial charge in [-0.3, -0.25) is 9.59 Å². The molecule has 0 spiro atoms. The molecule has 5 nitrogen and oxygen atoms in total. The fourth-order valence-corrected chi connectivity index (χ4v) is 2.34. The number of carbonyl (C=O) groups excluding carboxylic acids is 2. The van der Waals surface area contributed by atoms with E-state index in [1.165, 1.54) is 0 Å². The molecule has 0 fully saturated rings. The Morgan fingerprint density at radius 1 is 0.960 bits per heavy atom. The number of amides is 2. The Hall–Kier alpha value is -2.82. The molecule has 0 heterocycles. The summed E-state index contributed by atoms with van der Waals surface area (Å²) in [6, 6.07) is 17.0. The molecule has 5 heteroatoms. The molecule has 0 saturated carbocycles. The highest BCUT2D eigenvalue weighted by atomic mass is 16.2. The Morgan fingerprint density at radius 2 is 1.56 bits per heavy atom. The molecule has 132 valence electrons. The fraction of sp³-hybridized carbons (Fsp3) is 0.300. The Morgan fingerprint density at radius 3 is 2.12 bits per heavy atom. The van der Waals surface area contributed by atoms with Crippen LogP contribution in [0.3, 0.4) is 0 Å². The number of hydrogen-bond acceptors (Lipinski definition) is 3. The number of rotatable bonds is 7. The minimum atomic E-state index is -0.0616. The van der Waals surface area contributed by atoms with Crippen molar-refractivity contribution in [1.82, 2.24) is 0 Å². The van der Waals surface area contributed by atoms with Gasteiger partial charge in [0.25, 0.3) is 0 Å². The quantitative estimate of drug-likeness (QED) is 0.808. The number of anilines is 3. The number of nitrogens with one attached hydrogen (secondary N) is 2. The van der Waals surface area contributed by atoms with Gasteiger partial charge in [0.1, 0.15) is 0 Å².